The first-order valence-corrected chi connectivity index (χ1v) is 5.94. The fourth-order valence-electron chi connectivity index (χ4n) is 1.20. The van der Waals surface area contributed by atoms with Crippen LogP contribution in [0.5, 0.6) is 0 Å². The summed E-state index contributed by atoms with van der Waals surface area (Å²) >= 11 is 0. The molecule has 0 atom stereocenters. The normalized spacial score (nSPS) is 9.35. The van der Waals surface area contributed by atoms with Gasteiger partial charge in [-0.2, -0.15) is 0 Å². The lowest BCUT2D eigenvalue weighted by Crippen LogP contribution is -2.21. The van der Waals surface area contributed by atoms with E-state index in [1.165, 1.54) is 0 Å². The number of aryl methyl sites for hydroxylation is 1. The lowest BCUT2D eigenvalue weighted by atomic mass is 10.4. The molecule has 1 aromatic rings. The van der Waals surface area contributed by atoms with Gasteiger partial charge < -0.3 is 16.4 Å². The van der Waals surface area contributed by atoms with E-state index in [4.69, 9.17) is 5.73 Å². The first-order chi connectivity index (χ1) is 8.22. The van der Waals surface area contributed by atoms with Crippen molar-refractivity contribution < 1.29 is 0 Å². The lowest BCUT2D eigenvalue weighted by molar-refractivity contribution is 0.545. The average Bonchev–Trinajstić information content (AvgIpc) is 2.75. The number of nitrogens with one attached hydrogen (secondary N) is 2. The van der Waals surface area contributed by atoms with E-state index in [0.29, 0.717) is 5.82 Å². The second-order valence-corrected chi connectivity index (χ2v) is 3.31. The van der Waals surface area contributed by atoms with E-state index in [1.54, 1.807) is 0 Å². The van der Waals surface area contributed by atoms with Crippen LogP contribution in [0.1, 0.15) is 26.0 Å². The molecular weight excluding hydrogens is 216 g/mol. The number of nitrogens with zero attached hydrogens (tertiary/aromatic N) is 3. The largest absolute Gasteiger partial charge is 0.386 e. The highest BCUT2D eigenvalue weighted by atomic mass is 15.4. The molecule has 0 radical (unpaired) electrons. The molecule has 0 unspecified atom stereocenters. The molecule has 0 aliphatic carbocycles. The van der Waals surface area contributed by atoms with Crippen molar-refractivity contribution in [2.24, 2.45) is 5.73 Å². The van der Waals surface area contributed by atoms with Gasteiger partial charge in [0.25, 0.3) is 0 Å². The third-order valence-electron chi connectivity index (χ3n) is 1.86. The quantitative estimate of drug-likeness (QED) is 0.602. The van der Waals surface area contributed by atoms with Crippen LogP contribution >= 0.6 is 0 Å². The topological polar surface area (TPSA) is 80.8 Å². The third kappa shape index (κ3) is 7.35. The zero-order valence-corrected chi connectivity index (χ0v) is 11.0. The average molecular weight is 240 g/mol. The fraction of sp³-hybridized carbons (Fsp3) is 0.636. The van der Waals surface area contributed by atoms with E-state index in [9.17, 15) is 0 Å². The van der Waals surface area contributed by atoms with Gasteiger partial charge in [-0.25, -0.2) is 0 Å². The molecule has 0 fully saturated rings. The molecule has 1 aromatic heterocycles. The van der Waals surface area contributed by atoms with Crippen molar-refractivity contribution in [3.05, 3.63) is 24.3 Å². The van der Waals surface area contributed by atoms with Crippen molar-refractivity contribution >= 4 is 0 Å². The minimum atomic E-state index is 0.504. The minimum absolute atomic E-state index is 0.504. The van der Waals surface area contributed by atoms with Crippen LogP contribution in [0.25, 0.3) is 0 Å². The Morgan fingerprint density at radius 3 is 2.82 bits per heavy atom. The summed E-state index contributed by atoms with van der Waals surface area (Å²) in [5.74, 6) is 0.504. The van der Waals surface area contributed by atoms with Gasteiger partial charge in [-0.05, 0) is 13.5 Å². The smallest absolute Gasteiger partial charge is 0.0964 e. The number of rotatable bonds is 7. The zero-order chi connectivity index (χ0) is 13.1. The van der Waals surface area contributed by atoms with Gasteiger partial charge in [0, 0.05) is 25.8 Å². The van der Waals surface area contributed by atoms with E-state index in [2.05, 4.69) is 27.5 Å². The molecule has 0 spiro atoms. The molecule has 6 heteroatoms. The summed E-state index contributed by atoms with van der Waals surface area (Å²) in [6.07, 6.45) is 2.88. The van der Waals surface area contributed by atoms with Crippen LogP contribution < -0.4 is 16.4 Å². The second-order valence-electron chi connectivity index (χ2n) is 3.31. The molecule has 0 saturated carbocycles. The van der Waals surface area contributed by atoms with Gasteiger partial charge in [0.1, 0.15) is 0 Å². The molecular formula is C11H24N6. The van der Waals surface area contributed by atoms with Gasteiger partial charge >= 0.3 is 0 Å². The maximum absolute atomic E-state index is 5.37. The molecule has 0 aliphatic rings. The predicted molar refractivity (Wildman–Crippen MR) is 70.1 cm³/mol. The summed E-state index contributed by atoms with van der Waals surface area (Å²) in [4.78, 5) is 0. The van der Waals surface area contributed by atoms with Crippen molar-refractivity contribution in [2.75, 3.05) is 13.6 Å². The molecule has 4 N–H and O–H groups in total. The predicted octanol–water partition coefficient (Wildman–Crippen LogP) is 0.433. The highest BCUT2D eigenvalue weighted by Gasteiger charge is 1.98. The van der Waals surface area contributed by atoms with Crippen LogP contribution in [0.2, 0.25) is 0 Å². The number of hydrogen-bond acceptors (Lipinski definition) is 5. The Morgan fingerprint density at radius 1 is 1.53 bits per heavy atom. The van der Waals surface area contributed by atoms with Crippen molar-refractivity contribution in [3.8, 4) is 0 Å². The molecule has 0 amide bonds. The van der Waals surface area contributed by atoms with Gasteiger partial charge in [0.2, 0.25) is 0 Å². The van der Waals surface area contributed by atoms with E-state index in [-0.39, 0.29) is 0 Å². The summed E-state index contributed by atoms with van der Waals surface area (Å²) in [5, 5.41) is 14.0. The highest BCUT2D eigenvalue weighted by Crippen LogP contribution is 1.93. The number of hydrogen-bond donors (Lipinski definition) is 3. The Kier molecular flexibility index (Phi) is 8.77. The van der Waals surface area contributed by atoms with Crippen molar-refractivity contribution in [3.63, 3.8) is 0 Å². The van der Waals surface area contributed by atoms with E-state index in [0.717, 1.165) is 31.7 Å². The second kappa shape index (κ2) is 9.65. The van der Waals surface area contributed by atoms with Gasteiger partial charge in [-0.1, -0.05) is 25.6 Å². The van der Waals surface area contributed by atoms with Gasteiger partial charge in [-0.15, -0.1) is 5.10 Å². The van der Waals surface area contributed by atoms with Crippen LogP contribution in [-0.2, 0) is 13.1 Å². The molecule has 1 rings (SSSR count). The maximum atomic E-state index is 5.37. The van der Waals surface area contributed by atoms with Crippen LogP contribution in [0.15, 0.2) is 18.6 Å². The van der Waals surface area contributed by atoms with Crippen LogP contribution in [0, 0.1) is 0 Å². The van der Waals surface area contributed by atoms with Crippen LogP contribution in [0.4, 0.5) is 0 Å². The van der Waals surface area contributed by atoms with Crippen molar-refractivity contribution in [2.45, 2.75) is 33.4 Å². The van der Waals surface area contributed by atoms with Crippen LogP contribution in [0.3, 0.4) is 0 Å². The Hall–Kier alpha value is -1.56. The lowest BCUT2D eigenvalue weighted by Gasteiger charge is -2.03. The molecule has 0 saturated heterocycles. The molecule has 0 aliphatic heterocycles. The summed E-state index contributed by atoms with van der Waals surface area (Å²) in [6, 6.07) is 0. The van der Waals surface area contributed by atoms with Gasteiger partial charge in [-0.3, -0.25) is 4.68 Å². The zero-order valence-electron chi connectivity index (χ0n) is 11.0. The molecule has 6 nitrogen and oxygen atoms in total. The number of aromatic nitrogens is 3. The maximum Gasteiger partial charge on any atom is 0.0964 e. The van der Waals surface area contributed by atoms with Gasteiger partial charge in [0.05, 0.1) is 11.5 Å². The van der Waals surface area contributed by atoms with E-state index in [1.807, 2.05) is 31.8 Å². The molecule has 0 bridgehead atoms. The monoisotopic (exact) mass is 240 g/mol. The Balaban J connectivity index is 0.00000121. The summed E-state index contributed by atoms with van der Waals surface area (Å²) in [5.41, 5.74) is 6.32. The summed E-state index contributed by atoms with van der Waals surface area (Å²) < 4.78 is 1.83. The standard InChI is InChI=1S/C9H18N6.C2H6/c1-8(10)12-4-3-5-15-7-9(6-11-2)13-14-15;1-2/h7,11-12H,1,3-6,10H2,2H3;1-2H3. The Bertz CT molecular complexity index is 307. The van der Waals surface area contributed by atoms with Crippen molar-refractivity contribution in [1.29, 1.82) is 0 Å². The van der Waals surface area contributed by atoms with E-state index >= 15 is 0 Å². The first kappa shape index (κ1) is 15.4. The molecule has 1 heterocycles. The molecule has 0 aromatic carbocycles. The first-order valence-electron chi connectivity index (χ1n) is 5.94. The summed E-state index contributed by atoms with van der Waals surface area (Å²) in [7, 11) is 1.88. The summed E-state index contributed by atoms with van der Waals surface area (Å²) in [6.45, 7) is 9.93. The molecule has 98 valence electrons. The third-order valence-corrected chi connectivity index (χ3v) is 1.86. The Labute approximate surface area is 103 Å². The van der Waals surface area contributed by atoms with E-state index < -0.39 is 0 Å². The molecule has 17 heavy (non-hydrogen) atoms. The fourth-order valence-corrected chi connectivity index (χ4v) is 1.20. The SMILES string of the molecule is C=C(N)NCCCn1cc(CNC)nn1.CC. The minimum Gasteiger partial charge on any atom is -0.386 e. The Morgan fingerprint density at radius 2 is 2.24 bits per heavy atom. The van der Waals surface area contributed by atoms with Crippen molar-refractivity contribution in [1.82, 2.24) is 25.6 Å². The van der Waals surface area contributed by atoms with Crippen LogP contribution in [-0.4, -0.2) is 28.6 Å². The number of nitrogens with two attached hydrogens (primary N) is 1. The van der Waals surface area contributed by atoms with Gasteiger partial charge in [0.15, 0.2) is 0 Å². The highest BCUT2D eigenvalue weighted by molar-refractivity contribution is 4.91.